The first kappa shape index (κ1) is 20.4. The molecule has 31 heavy (non-hydrogen) atoms. The molecule has 3 aromatic heterocycles. The lowest BCUT2D eigenvalue weighted by molar-refractivity contribution is 0.101. The van der Waals surface area contributed by atoms with E-state index >= 15 is 0 Å². The van der Waals surface area contributed by atoms with Gasteiger partial charge in [-0.15, -0.1) is 0 Å². The number of nitrogens with one attached hydrogen (secondary N) is 2. The van der Waals surface area contributed by atoms with Crippen LogP contribution in [0.15, 0.2) is 30.9 Å². The highest BCUT2D eigenvalue weighted by atomic mass is 19.1. The molecule has 1 unspecified atom stereocenters. The fraction of sp³-hybridized carbons (Fsp3) is 0.316. The summed E-state index contributed by atoms with van der Waals surface area (Å²) in [6, 6.07) is 0.548. The maximum Gasteiger partial charge on any atom is 0.407 e. The highest BCUT2D eigenvalue weighted by molar-refractivity contribution is 6.02. The van der Waals surface area contributed by atoms with Crippen LogP contribution in [0.5, 0.6) is 0 Å². The molecule has 2 atom stereocenters. The third kappa shape index (κ3) is 4.37. The minimum atomic E-state index is -1.40. The molecule has 0 radical (unpaired) electrons. The Bertz CT molecular complexity index is 1140. The van der Waals surface area contributed by atoms with E-state index in [-0.39, 0.29) is 42.4 Å². The molecule has 1 fully saturated rings. The molecule has 1 saturated heterocycles. The average Bonchev–Trinajstić information content (AvgIpc) is 3.10. The van der Waals surface area contributed by atoms with Crippen LogP contribution in [0.2, 0.25) is 0 Å². The monoisotopic (exact) mass is 431 g/mol. The van der Waals surface area contributed by atoms with Crippen LogP contribution in [-0.2, 0) is 0 Å². The number of aromatic nitrogens is 4. The van der Waals surface area contributed by atoms with Gasteiger partial charge in [0, 0.05) is 25.0 Å². The van der Waals surface area contributed by atoms with Crippen LogP contribution in [0.25, 0.3) is 5.65 Å². The summed E-state index contributed by atoms with van der Waals surface area (Å²) in [6.45, 7) is 1.72. The number of piperidine rings is 1. The second-order valence-corrected chi connectivity index (χ2v) is 7.21. The second-order valence-electron chi connectivity index (χ2n) is 7.21. The maximum atomic E-state index is 14.2. The fourth-order valence-electron chi connectivity index (χ4n) is 3.39. The number of carbonyl (C=O) groups excluding carboxylic acids is 1. The van der Waals surface area contributed by atoms with Crippen LogP contribution in [0, 0.1) is 12.7 Å². The number of anilines is 2. The Morgan fingerprint density at radius 2 is 2.06 bits per heavy atom. The maximum absolute atomic E-state index is 14.2. The molecule has 0 spiro atoms. The van der Waals surface area contributed by atoms with Crippen LogP contribution in [0.4, 0.5) is 25.1 Å². The molecule has 4 heterocycles. The van der Waals surface area contributed by atoms with Gasteiger partial charge in [0.25, 0.3) is 5.91 Å². The Morgan fingerprint density at radius 3 is 2.74 bits per heavy atom. The fourth-order valence-corrected chi connectivity index (χ4v) is 3.39. The summed E-state index contributed by atoms with van der Waals surface area (Å²) < 4.78 is 29.8. The van der Waals surface area contributed by atoms with Crippen molar-refractivity contribution in [2.45, 2.75) is 25.6 Å². The zero-order valence-corrected chi connectivity index (χ0v) is 16.4. The van der Waals surface area contributed by atoms with E-state index in [1.54, 1.807) is 13.1 Å². The predicted octanol–water partition coefficient (Wildman–Crippen LogP) is 2.33. The Hall–Kier alpha value is -3.83. The molecule has 0 bridgehead atoms. The third-order valence-corrected chi connectivity index (χ3v) is 4.91. The van der Waals surface area contributed by atoms with Gasteiger partial charge in [0.15, 0.2) is 11.5 Å². The predicted molar refractivity (Wildman–Crippen MR) is 106 cm³/mol. The molecule has 1 aliphatic heterocycles. The SMILES string of the molecule is Cc1cn2cc(NC(=O)c3cnc(NC4CCN(C(=O)O)C[C@H]4F)cn3)cc(F)c2n1. The lowest BCUT2D eigenvalue weighted by Gasteiger charge is -2.33. The molecule has 162 valence electrons. The highest BCUT2D eigenvalue weighted by Crippen LogP contribution is 2.19. The minimum absolute atomic E-state index is 0.00892. The molecule has 3 N–H and O–H groups in total. The van der Waals surface area contributed by atoms with Gasteiger partial charge in [-0.1, -0.05) is 0 Å². The average molecular weight is 431 g/mol. The topological polar surface area (TPSA) is 125 Å². The van der Waals surface area contributed by atoms with Crippen molar-refractivity contribution in [3.8, 4) is 0 Å². The summed E-state index contributed by atoms with van der Waals surface area (Å²) in [7, 11) is 0. The molecule has 0 saturated carbocycles. The molecule has 12 heteroatoms. The number of likely N-dealkylation sites (tertiary alicyclic amines) is 1. The summed E-state index contributed by atoms with van der Waals surface area (Å²) in [4.78, 5) is 36.5. The Morgan fingerprint density at radius 1 is 1.26 bits per heavy atom. The van der Waals surface area contributed by atoms with Crippen molar-refractivity contribution in [1.82, 2.24) is 24.3 Å². The van der Waals surface area contributed by atoms with Crippen molar-refractivity contribution in [1.29, 1.82) is 0 Å². The summed E-state index contributed by atoms with van der Waals surface area (Å²) in [5.41, 5.74) is 1.01. The van der Waals surface area contributed by atoms with E-state index in [9.17, 15) is 18.4 Å². The summed E-state index contributed by atoms with van der Waals surface area (Å²) in [5, 5.41) is 14.4. The van der Waals surface area contributed by atoms with Gasteiger partial charge in [0.2, 0.25) is 0 Å². The van der Waals surface area contributed by atoms with E-state index in [4.69, 9.17) is 5.11 Å². The third-order valence-electron chi connectivity index (χ3n) is 4.91. The molecule has 0 aliphatic carbocycles. The van der Waals surface area contributed by atoms with E-state index in [0.717, 1.165) is 11.0 Å². The summed E-state index contributed by atoms with van der Waals surface area (Å²) in [5.74, 6) is -0.909. The van der Waals surface area contributed by atoms with Crippen molar-refractivity contribution in [3.05, 3.63) is 48.1 Å². The molecular weight excluding hydrogens is 412 g/mol. The number of fused-ring (bicyclic) bond motifs is 1. The minimum Gasteiger partial charge on any atom is -0.465 e. The van der Waals surface area contributed by atoms with E-state index in [1.807, 2.05) is 0 Å². The number of rotatable bonds is 4. The first-order valence-electron chi connectivity index (χ1n) is 9.47. The number of hydrogen-bond donors (Lipinski definition) is 3. The molecular formula is C19H19F2N7O3. The van der Waals surface area contributed by atoms with Crippen LogP contribution in [-0.4, -0.2) is 66.7 Å². The standard InChI is InChI=1S/C19H19F2N7O3/c1-10-7-28-8-11(4-12(20)17(28)24-10)25-18(29)15-5-23-16(6-22-15)26-14-2-3-27(19(30)31)9-13(14)21/h4-8,13-14H,2-3,9H2,1H3,(H,23,26)(H,25,29)(H,30,31)/t13-,14?/m1/s1. The lowest BCUT2D eigenvalue weighted by atomic mass is 10.0. The number of imidazole rings is 1. The smallest absolute Gasteiger partial charge is 0.407 e. The first-order valence-corrected chi connectivity index (χ1v) is 9.47. The number of nitrogens with zero attached hydrogens (tertiary/aromatic N) is 5. The van der Waals surface area contributed by atoms with E-state index in [0.29, 0.717) is 5.69 Å². The van der Waals surface area contributed by atoms with Crippen molar-refractivity contribution in [2.75, 3.05) is 23.7 Å². The van der Waals surface area contributed by atoms with Crippen molar-refractivity contribution < 1.29 is 23.5 Å². The van der Waals surface area contributed by atoms with Gasteiger partial charge in [0.05, 0.1) is 36.4 Å². The van der Waals surface area contributed by atoms with Crippen LogP contribution < -0.4 is 10.6 Å². The van der Waals surface area contributed by atoms with E-state index in [2.05, 4.69) is 25.6 Å². The van der Waals surface area contributed by atoms with E-state index in [1.165, 1.54) is 23.0 Å². The Balaban J connectivity index is 1.40. The van der Waals surface area contributed by atoms with E-state index < -0.39 is 30.0 Å². The van der Waals surface area contributed by atoms with Gasteiger partial charge in [-0.05, 0) is 13.3 Å². The van der Waals surface area contributed by atoms with Gasteiger partial charge in [0.1, 0.15) is 17.7 Å². The molecule has 1 aliphatic rings. The molecule has 10 nitrogen and oxygen atoms in total. The molecule has 2 amide bonds. The van der Waals surface area contributed by atoms with Crippen LogP contribution >= 0.6 is 0 Å². The number of carboxylic acid groups (broad SMARTS) is 1. The van der Waals surface area contributed by atoms with Crippen molar-refractivity contribution in [3.63, 3.8) is 0 Å². The van der Waals surface area contributed by atoms with Crippen LogP contribution in [0.3, 0.4) is 0 Å². The zero-order valence-electron chi connectivity index (χ0n) is 16.4. The van der Waals surface area contributed by atoms with Crippen molar-refractivity contribution in [2.24, 2.45) is 0 Å². The highest BCUT2D eigenvalue weighted by Gasteiger charge is 2.31. The molecule has 3 aromatic rings. The van der Waals surface area contributed by atoms with Gasteiger partial charge in [-0.2, -0.15) is 0 Å². The zero-order chi connectivity index (χ0) is 22.1. The summed E-state index contributed by atoms with van der Waals surface area (Å²) in [6.07, 6.45) is 3.39. The van der Waals surface area contributed by atoms with Crippen molar-refractivity contribution >= 4 is 29.2 Å². The number of pyridine rings is 1. The lowest BCUT2D eigenvalue weighted by Crippen LogP contribution is -2.49. The second kappa shape index (κ2) is 8.13. The number of amides is 2. The number of carbonyl (C=O) groups is 2. The largest absolute Gasteiger partial charge is 0.465 e. The Labute approximate surface area is 174 Å². The molecule has 0 aromatic carbocycles. The van der Waals surface area contributed by atoms with Gasteiger partial charge in [-0.3, -0.25) is 4.79 Å². The van der Waals surface area contributed by atoms with Gasteiger partial charge < -0.3 is 25.0 Å². The number of alkyl halides is 1. The Kier molecular flexibility index (Phi) is 5.36. The number of aryl methyl sites for hydroxylation is 1. The van der Waals surface area contributed by atoms with Crippen LogP contribution in [0.1, 0.15) is 22.6 Å². The summed E-state index contributed by atoms with van der Waals surface area (Å²) >= 11 is 0. The number of halogens is 2. The normalized spacial score (nSPS) is 18.7. The first-order chi connectivity index (χ1) is 14.8. The molecule has 4 rings (SSSR count). The quantitative estimate of drug-likeness (QED) is 0.579. The van der Waals surface area contributed by atoms with Gasteiger partial charge in [-0.25, -0.2) is 28.5 Å². The number of hydrogen-bond acceptors (Lipinski definition) is 6. The van der Waals surface area contributed by atoms with Gasteiger partial charge >= 0.3 is 6.09 Å².